The van der Waals surface area contributed by atoms with Crippen LogP contribution in [0.3, 0.4) is 0 Å². The van der Waals surface area contributed by atoms with Gasteiger partial charge < -0.3 is 30.3 Å². The van der Waals surface area contributed by atoms with E-state index >= 15 is 0 Å². The Bertz CT molecular complexity index is 1390. The van der Waals surface area contributed by atoms with E-state index in [-0.39, 0.29) is 5.75 Å². The molecule has 0 spiro atoms. The number of nitrogens with zero attached hydrogens (tertiary/aromatic N) is 1. The van der Waals surface area contributed by atoms with Crippen LogP contribution in [0.4, 0.5) is 0 Å². The van der Waals surface area contributed by atoms with Crippen LogP contribution in [0, 0.1) is 12.8 Å². The molecule has 45 heavy (non-hydrogen) atoms. The molecule has 0 amide bonds. The number of phenolic OH excluding ortho intramolecular Hbond substituents is 1. The molecular weight excluding hydrogens is 570 g/mol. The van der Waals surface area contributed by atoms with Crippen molar-refractivity contribution in [3.8, 4) is 5.75 Å². The Labute approximate surface area is 265 Å². The third-order valence-electron chi connectivity index (χ3n) is 9.50. The minimum absolute atomic E-state index is 0.0843. The number of Topliss-reactive ketones (excluding diaryl/α,β-unsaturated/α-hetero) is 1. The molecular formula is C37H47NO7. The topological polar surface area (TPSA) is 131 Å². The highest BCUT2D eigenvalue weighted by atomic mass is 16.5. The maximum Gasteiger partial charge on any atom is 0.133 e. The maximum absolute atomic E-state index is 12.7. The van der Waals surface area contributed by atoms with Crippen molar-refractivity contribution in [2.45, 2.75) is 88.9 Å². The fourth-order valence-corrected chi connectivity index (χ4v) is 6.68. The second-order valence-electron chi connectivity index (χ2n) is 12.9. The Morgan fingerprint density at radius 1 is 0.889 bits per heavy atom. The van der Waals surface area contributed by atoms with Crippen molar-refractivity contribution >= 4 is 5.78 Å². The molecule has 2 aliphatic rings. The molecule has 5 N–H and O–H groups in total. The molecule has 3 aromatic carbocycles. The van der Waals surface area contributed by atoms with Gasteiger partial charge in [-0.25, -0.2) is 0 Å². The van der Waals surface area contributed by atoms with Gasteiger partial charge in [-0.05, 0) is 98.0 Å². The lowest BCUT2D eigenvalue weighted by molar-refractivity contribution is -0.232. The number of ether oxygens (including phenoxy) is 1. The van der Waals surface area contributed by atoms with Crippen molar-refractivity contribution in [2.75, 3.05) is 19.7 Å². The van der Waals surface area contributed by atoms with E-state index in [0.29, 0.717) is 36.5 Å². The Hall–Kier alpha value is -3.11. The molecule has 0 radical (unpaired) electrons. The van der Waals surface area contributed by atoms with Gasteiger partial charge in [0.15, 0.2) is 0 Å². The SMILES string of the molecule is Cc1cc(O)c([C@@H]2O[C@H](CO)[C@@H](O)[C@H](O)[C@H]2O)cc1Cc1ccc(CCCC(=O)CC2CCN(Cc3ccccc3)CC2)cc1. The molecule has 5 atom stereocenters. The molecule has 0 bridgehead atoms. The number of aliphatic hydroxyl groups excluding tert-OH is 4. The highest BCUT2D eigenvalue weighted by Gasteiger charge is 2.44. The normalized spacial score (nSPS) is 24.5. The first kappa shape index (κ1) is 33.3. The molecule has 3 aromatic rings. The molecule has 242 valence electrons. The lowest BCUT2D eigenvalue weighted by atomic mass is 9.88. The quantitative estimate of drug-likeness (QED) is 0.206. The van der Waals surface area contributed by atoms with E-state index in [1.807, 2.05) is 13.0 Å². The number of phenols is 1. The molecule has 8 nitrogen and oxygen atoms in total. The monoisotopic (exact) mass is 617 g/mol. The van der Waals surface area contributed by atoms with Crippen molar-refractivity contribution in [1.29, 1.82) is 0 Å². The number of aryl methyl sites for hydroxylation is 2. The summed E-state index contributed by atoms with van der Waals surface area (Å²) in [5, 5.41) is 51.1. The zero-order chi connectivity index (χ0) is 31.9. The van der Waals surface area contributed by atoms with E-state index in [1.165, 1.54) is 11.1 Å². The van der Waals surface area contributed by atoms with Crippen molar-refractivity contribution in [3.63, 3.8) is 0 Å². The number of hydrogen-bond acceptors (Lipinski definition) is 8. The number of aliphatic hydroxyl groups is 4. The number of carbonyl (C=O) groups is 1. The van der Waals surface area contributed by atoms with E-state index in [2.05, 4.69) is 53.4 Å². The number of aromatic hydroxyl groups is 1. The van der Waals surface area contributed by atoms with Crippen LogP contribution in [-0.4, -0.2) is 80.3 Å². The average molecular weight is 618 g/mol. The van der Waals surface area contributed by atoms with Crippen molar-refractivity contribution in [1.82, 2.24) is 4.90 Å². The highest BCUT2D eigenvalue weighted by molar-refractivity contribution is 5.78. The van der Waals surface area contributed by atoms with Gasteiger partial charge in [-0.1, -0.05) is 54.6 Å². The van der Waals surface area contributed by atoms with Crippen LogP contribution in [0.5, 0.6) is 5.75 Å². The van der Waals surface area contributed by atoms with Gasteiger partial charge >= 0.3 is 0 Å². The third-order valence-corrected chi connectivity index (χ3v) is 9.50. The van der Waals surface area contributed by atoms with Crippen LogP contribution in [0.25, 0.3) is 0 Å². The summed E-state index contributed by atoms with van der Waals surface area (Å²) >= 11 is 0. The fraction of sp³-hybridized carbons (Fsp3) is 0.486. The molecule has 0 aliphatic carbocycles. The lowest BCUT2D eigenvalue weighted by Crippen LogP contribution is -2.55. The second kappa shape index (κ2) is 15.5. The molecule has 0 aromatic heterocycles. The van der Waals surface area contributed by atoms with Gasteiger partial charge in [0, 0.05) is 24.9 Å². The summed E-state index contributed by atoms with van der Waals surface area (Å²) in [7, 11) is 0. The zero-order valence-electron chi connectivity index (χ0n) is 26.1. The number of piperidine rings is 1. The Morgan fingerprint density at radius 3 is 2.27 bits per heavy atom. The Balaban J connectivity index is 1.08. The van der Waals surface area contributed by atoms with Gasteiger partial charge in [0.05, 0.1) is 6.61 Å². The van der Waals surface area contributed by atoms with Crippen LogP contribution >= 0.6 is 0 Å². The molecule has 2 saturated heterocycles. The van der Waals surface area contributed by atoms with Gasteiger partial charge in [0.1, 0.15) is 42.1 Å². The predicted octanol–water partition coefficient (Wildman–Crippen LogP) is 4.00. The number of likely N-dealkylation sites (tertiary alicyclic amines) is 1. The first-order valence-corrected chi connectivity index (χ1v) is 16.2. The van der Waals surface area contributed by atoms with Gasteiger partial charge in [0.2, 0.25) is 0 Å². The smallest absolute Gasteiger partial charge is 0.133 e. The highest BCUT2D eigenvalue weighted by Crippen LogP contribution is 2.38. The third kappa shape index (κ3) is 8.58. The first-order valence-electron chi connectivity index (χ1n) is 16.2. The van der Waals surface area contributed by atoms with Crippen LogP contribution < -0.4 is 0 Å². The van der Waals surface area contributed by atoms with Crippen LogP contribution in [0.1, 0.15) is 71.6 Å². The minimum Gasteiger partial charge on any atom is -0.508 e. The Morgan fingerprint density at radius 2 is 1.58 bits per heavy atom. The van der Waals surface area contributed by atoms with Crippen molar-refractivity contribution < 1.29 is 35.1 Å². The Kier molecular flexibility index (Phi) is 11.4. The summed E-state index contributed by atoms with van der Waals surface area (Å²) in [6.45, 7) is 4.45. The predicted molar refractivity (Wildman–Crippen MR) is 172 cm³/mol. The number of rotatable bonds is 12. The second-order valence-corrected chi connectivity index (χ2v) is 12.9. The molecule has 8 heteroatoms. The molecule has 5 rings (SSSR count). The summed E-state index contributed by atoms with van der Waals surface area (Å²) < 4.78 is 5.68. The van der Waals surface area contributed by atoms with E-state index < -0.39 is 37.1 Å². The van der Waals surface area contributed by atoms with Crippen molar-refractivity contribution in [3.05, 3.63) is 100 Å². The lowest BCUT2D eigenvalue weighted by Gasteiger charge is -2.40. The minimum atomic E-state index is -1.52. The maximum atomic E-state index is 12.7. The van der Waals surface area contributed by atoms with Gasteiger partial charge in [-0.2, -0.15) is 0 Å². The number of hydrogen-bond donors (Lipinski definition) is 5. The zero-order valence-corrected chi connectivity index (χ0v) is 26.1. The van der Waals surface area contributed by atoms with E-state index in [4.69, 9.17) is 4.74 Å². The van der Waals surface area contributed by atoms with Crippen LogP contribution in [-0.2, 0) is 28.9 Å². The standard InChI is InChI=1S/C37H47NO7/c1-24-18-32(41)31(37-36(44)35(43)34(42)33(23-39)45-37)21-29(24)19-26-12-10-25(11-13-26)8-5-9-30(40)20-27-14-16-38(17-15-27)22-28-6-3-2-4-7-28/h2-4,6-7,10-13,18,21,27,33-37,39,41-44H,5,8-9,14-17,19-20,22-23H2,1H3/t33-,34-,35+,36-,37+/m1/s1. The number of carbonyl (C=O) groups excluding carboxylic acids is 1. The summed E-state index contributed by atoms with van der Waals surface area (Å²) in [5.41, 5.74) is 5.68. The summed E-state index contributed by atoms with van der Waals surface area (Å²) in [6, 6.07) is 22.2. The average Bonchev–Trinajstić information content (AvgIpc) is 3.04. The summed E-state index contributed by atoms with van der Waals surface area (Å²) in [5.74, 6) is 0.776. The number of benzene rings is 3. The van der Waals surface area contributed by atoms with Crippen LogP contribution in [0.2, 0.25) is 0 Å². The molecule has 2 heterocycles. The summed E-state index contributed by atoms with van der Waals surface area (Å²) in [6.07, 6.45) is -0.848. The molecule has 2 aliphatic heterocycles. The van der Waals surface area contributed by atoms with E-state index in [0.717, 1.165) is 62.0 Å². The fourth-order valence-electron chi connectivity index (χ4n) is 6.68. The molecule has 2 fully saturated rings. The van der Waals surface area contributed by atoms with Gasteiger partial charge in [0.25, 0.3) is 0 Å². The summed E-state index contributed by atoms with van der Waals surface area (Å²) in [4.78, 5) is 15.2. The molecule has 0 saturated carbocycles. The largest absolute Gasteiger partial charge is 0.508 e. The van der Waals surface area contributed by atoms with Crippen LogP contribution in [0.15, 0.2) is 66.7 Å². The van der Waals surface area contributed by atoms with Gasteiger partial charge in [-0.3, -0.25) is 9.69 Å². The first-order chi connectivity index (χ1) is 21.7. The van der Waals surface area contributed by atoms with Crippen molar-refractivity contribution in [2.24, 2.45) is 5.92 Å². The van der Waals surface area contributed by atoms with E-state index in [1.54, 1.807) is 12.1 Å². The molecule has 0 unspecified atom stereocenters. The van der Waals surface area contributed by atoms with Gasteiger partial charge in [-0.15, -0.1) is 0 Å². The number of ketones is 1. The van der Waals surface area contributed by atoms with E-state index in [9.17, 15) is 30.3 Å².